The predicted octanol–water partition coefficient (Wildman–Crippen LogP) is 3.36. The van der Waals surface area contributed by atoms with Crippen LogP contribution in [0, 0.1) is 0 Å². The molecule has 2 amide bonds. The monoisotopic (exact) mass is 408 g/mol. The first-order valence-corrected chi connectivity index (χ1v) is 15.0. The van der Waals surface area contributed by atoms with Gasteiger partial charge < -0.3 is 28.3 Å². The molecular formula is C17H40N2O5Si2. The van der Waals surface area contributed by atoms with Crippen molar-refractivity contribution in [3.05, 3.63) is 0 Å². The molecule has 0 aliphatic rings. The Labute approximate surface area is 162 Å². The Morgan fingerprint density at radius 2 is 1.00 bits per heavy atom. The van der Waals surface area contributed by atoms with Crippen LogP contribution in [-0.2, 0) is 17.7 Å². The Morgan fingerprint density at radius 1 is 0.692 bits per heavy atom. The lowest BCUT2D eigenvalue weighted by Crippen LogP contribution is -2.42. The molecule has 0 aromatic rings. The molecule has 7 nitrogen and oxygen atoms in total. The van der Waals surface area contributed by atoms with E-state index in [-0.39, 0.29) is 6.03 Å². The highest BCUT2D eigenvalue weighted by atomic mass is 28.4. The summed E-state index contributed by atoms with van der Waals surface area (Å²) in [7, 11) is -4.17. The minimum Gasteiger partial charge on any atom is -0.395 e. The smallest absolute Gasteiger partial charge is 0.334 e. The number of rotatable bonds is 16. The first-order valence-electron chi connectivity index (χ1n) is 9.92. The fourth-order valence-corrected chi connectivity index (χ4v) is 7.70. The molecule has 0 radical (unpaired) electrons. The second-order valence-electron chi connectivity index (χ2n) is 6.39. The third-order valence-electron chi connectivity index (χ3n) is 3.99. The van der Waals surface area contributed by atoms with Gasteiger partial charge in [-0.1, -0.05) is 0 Å². The molecular weight excluding hydrogens is 368 g/mol. The molecule has 9 heteroatoms. The number of carbonyl (C=O) groups excluding carboxylic acids is 1. The van der Waals surface area contributed by atoms with E-state index >= 15 is 0 Å². The van der Waals surface area contributed by atoms with Gasteiger partial charge in [0.2, 0.25) is 0 Å². The van der Waals surface area contributed by atoms with Gasteiger partial charge in [0.05, 0.1) is 0 Å². The zero-order valence-electron chi connectivity index (χ0n) is 17.6. The number of nitrogens with one attached hydrogen (secondary N) is 2. The van der Waals surface area contributed by atoms with Crippen LogP contribution in [0.15, 0.2) is 0 Å². The lowest BCUT2D eigenvalue weighted by Gasteiger charge is -2.26. The molecule has 156 valence electrons. The highest BCUT2D eigenvalue weighted by Crippen LogP contribution is 2.16. The largest absolute Gasteiger partial charge is 0.395 e. The van der Waals surface area contributed by atoms with E-state index in [1.165, 1.54) is 0 Å². The highest BCUT2D eigenvalue weighted by Gasteiger charge is 2.30. The Hall–Kier alpha value is -0.456. The van der Waals surface area contributed by atoms with Gasteiger partial charge in [0.25, 0.3) is 0 Å². The maximum atomic E-state index is 11.9. The zero-order valence-corrected chi connectivity index (χ0v) is 19.6. The van der Waals surface area contributed by atoms with Crippen LogP contribution >= 0.6 is 0 Å². The van der Waals surface area contributed by atoms with Crippen molar-refractivity contribution in [1.82, 2.24) is 10.6 Å². The van der Waals surface area contributed by atoms with E-state index in [4.69, 9.17) is 17.7 Å². The van der Waals surface area contributed by atoms with Crippen LogP contribution in [0.3, 0.4) is 0 Å². The van der Waals surface area contributed by atoms with E-state index in [1.807, 2.05) is 27.7 Å². The predicted molar refractivity (Wildman–Crippen MR) is 110 cm³/mol. The van der Waals surface area contributed by atoms with E-state index in [2.05, 4.69) is 23.7 Å². The van der Waals surface area contributed by atoms with Crippen molar-refractivity contribution in [3.63, 3.8) is 0 Å². The van der Waals surface area contributed by atoms with Crippen molar-refractivity contribution in [2.45, 2.75) is 65.7 Å². The quantitative estimate of drug-likeness (QED) is 0.302. The normalized spacial score (nSPS) is 12.2. The van der Waals surface area contributed by atoms with Crippen LogP contribution in [0.1, 0.15) is 40.5 Å². The number of hydrogen-bond donors (Lipinski definition) is 2. The van der Waals surface area contributed by atoms with E-state index < -0.39 is 17.1 Å². The molecule has 0 aromatic carbocycles. The van der Waals surface area contributed by atoms with Crippen LogP contribution in [0.2, 0.25) is 25.2 Å². The van der Waals surface area contributed by atoms with E-state index in [0.717, 1.165) is 24.9 Å². The third-order valence-corrected chi connectivity index (χ3v) is 10.1. The van der Waals surface area contributed by atoms with Crippen LogP contribution < -0.4 is 10.6 Å². The minimum absolute atomic E-state index is 0.127. The summed E-state index contributed by atoms with van der Waals surface area (Å²) in [5, 5.41) is 5.79. The molecule has 0 aliphatic heterocycles. The topological polar surface area (TPSA) is 78.1 Å². The second-order valence-corrected chi connectivity index (χ2v) is 13.1. The summed E-state index contributed by atoms with van der Waals surface area (Å²) in [5.74, 6) is 0. The number of urea groups is 1. The lowest BCUT2D eigenvalue weighted by atomic mass is 10.4. The highest BCUT2D eigenvalue weighted by molar-refractivity contribution is 6.66. The number of amides is 2. The lowest BCUT2D eigenvalue weighted by molar-refractivity contribution is 0.188. The van der Waals surface area contributed by atoms with Crippen LogP contribution in [0.5, 0.6) is 0 Å². The average Bonchev–Trinajstić information content (AvgIpc) is 2.57. The van der Waals surface area contributed by atoms with Crippen LogP contribution in [-0.4, -0.2) is 62.7 Å². The summed E-state index contributed by atoms with van der Waals surface area (Å²) in [6.45, 7) is 16.0. The Balaban J connectivity index is 3.92. The second kappa shape index (κ2) is 14.6. The van der Waals surface area contributed by atoms with Gasteiger partial charge in [0, 0.05) is 39.5 Å². The fourth-order valence-electron chi connectivity index (χ4n) is 2.88. The molecule has 0 rings (SSSR count). The molecule has 0 unspecified atom stereocenters. The minimum atomic E-state index is -2.08. The van der Waals surface area contributed by atoms with E-state index in [1.54, 1.807) is 0 Å². The van der Waals surface area contributed by atoms with E-state index in [0.29, 0.717) is 39.5 Å². The number of carbonyl (C=O) groups is 1. The standard InChI is InChI=1S/C17H40N2O5Si2/c1-7-21-25(5,22-8-2)15-11-13-18-17(20)19-14-12-16-26(6,23-9-3)24-10-4/h7-16H2,1-6H3,(H2,18,19,20). The van der Waals surface area contributed by atoms with Gasteiger partial charge in [0.15, 0.2) is 0 Å². The molecule has 26 heavy (non-hydrogen) atoms. The van der Waals surface area contributed by atoms with Crippen molar-refractivity contribution < 1.29 is 22.5 Å². The summed E-state index contributed by atoms with van der Waals surface area (Å²) in [5.41, 5.74) is 0. The van der Waals surface area contributed by atoms with Gasteiger partial charge in [-0.15, -0.1) is 0 Å². The Bertz CT molecular complexity index is 331. The molecule has 0 saturated carbocycles. The molecule has 0 heterocycles. The van der Waals surface area contributed by atoms with Crippen molar-refractivity contribution in [3.8, 4) is 0 Å². The van der Waals surface area contributed by atoms with Crippen molar-refractivity contribution >= 4 is 23.2 Å². The van der Waals surface area contributed by atoms with Crippen LogP contribution in [0.4, 0.5) is 4.79 Å². The van der Waals surface area contributed by atoms with Gasteiger partial charge >= 0.3 is 23.2 Å². The zero-order chi connectivity index (χ0) is 19.9. The first-order chi connectivity index (χ1) is 12.3. The van der Waals surface area contributed by atoms with E-state index in [9.17, 15) is 4.79 Å². The molecule has 0 spiro atoms. The molecule has 2 N–H and O–H groups in total. The molecule has 0 atom stereocenters. The number of hydrogen-bond acceptors (Lipinski definition) is 5. The molecule has 0 fully saturated rings. The fraction of sp³-hybridized carbons (Fsp3) is 0.941. The van der Waals surface area contributed by atoms with Crippen molar-refractivity contribution in [2.75, 3.05) is 39.5 Å². The van der Waals surface area contributed by atoms with Crippen LogP contribution in [0.25, 0.3) is 0 Å². The molecule has 0 aromatic heterocycles. The van der Waals surface area contributed by atoms with Crippen molar-refractivity contribution in [2.24, 2.45) is 0 Å². The Morgan fingerprint density at radius 3 is 1.27 bits per heavy atom. The van der Waals surface area contributed by atoms with Gasteiger partial charge in [-0.2, -0.15) is 0 Å². The summed E-state index contributed by atoms with van der Waals surface area (Å²) in [6, 6.07) is 1.63. The SMILES string of the molecule is CCO[Si](C)(CCCNC(=O)NCCC[Si](C)(OCC)OCC)OCC. The summed E-state index contributed by atoms with van der Waals surface area (Å²) in [6.07, 6.45) is 1.71. The van der Waals surface area contributed by atoms with Gasteiger partial charge in [-0.25, -0.2) is 4.79 Å². The van der Waals surface area contributed by atoms with Crippen molar-refractivity contribution in [1.29, 1.82) is 0 Å². The maximum absolute atomic E-state index is 11.9. The molecule has 0 aliphatic carbocycles. The summed E-state index contributed by atoms with van der Waals surface area (Å²) in [4.78, 5) is 11.9. The first kappa shape index (κ1) is 25.5. The maximum Gasteiger partial charge on any atom is 0.334 e. The molecule has 0 saturated heterocycles. The summed E-state index contributed by atoms with van der Waals surface area (Å²) >= 11 is 0. The van der Waals surface area contributed by atoms with Gasteiger partial charge in [0.1, 0.15) is 0 Å². The molecule has 0 bridgehead atoms. The third kappa shape index (κ3) is 12.0. The Kier molecular flexibility index (Phi) is 14.3. The summed E-state index contributed by atoms with van der Waals surface area (Å²) < 4.78 is 23.2. The average molecular weight is 409 g/mol. The van der Waals surface area contributed by atoms with Gasteiger partial charge in [-0.05, 0) is 65.7 Å². The van der Waals surface area contributed by atoms with Gasteiger partial charge in [-0.3, -0.25) is 0 Å².